The average molecular weight is 304 g/mol. The first-order valence-electron chi connectivity index (χ1n) is 6.72. The van der Waals surface area contributed by atoms with E-state index in [0.717, 1.165) is 6.07 Å². The third kappa shape index (κ3) is 3.11. The van der Waals surface area contributed by atoms with Crippen molar-refractivity contribution in [2.45, 2.75) is 37.9 Å². The van der Waals surface area contributed by atoms with E-state index in [1.165, 1.54) is 12.1 Å². The largest absolute Gasteiger partial charge is 0.411 e. The molecule has 3 nitrogen and oxygen atoms in total. The summed E-state index contributed by atoms with van der Waals surface area (Å²) in [4.78, 5) is 12.1. The van der Waals surface area contributed by atoms with Gasteiger partial charge in [-0.25, -0.2) is 4.39 Å². The van der Waals surface area contributed by atoms with Crippen LogP contribution in [0.3, 0.4) is 0 Å². The predicted molar refractivity (Wildman–Crippen MR) is 70.7 cm³/mol. The number of halogens is 4. The SMILES string of the molecule is CCCNc1c(F)cccc1C(=O)NC1(C(F)(F)F)CC1. The molecule has 0 heterocycles. The molecule has 2 rings (SSSR count). The molecule has 1 aromatic rings. The predicted octanol–water partition coefficient (Wildman–Crippen LogP) is 3.47. The number of hydrogen-bond acceptors (Lipinski definition) is 2. The van der Waals surface area contributed by atoms with E-state index in [-0.39, 0.29) is 24.1 Å². The van der Waals surface area contributed by atoms with Gasteiger partial charge in [0.15, 0.2) is 0 Å². The molecule has 1 aliphatic carbocycles. The van der Waals surface area contributed by atoms with Crippen LogP contribution in [-0.4, -0.2) is 24.2 Å². The van der Waals surface area contributed by atoms with E-state index in [1.807, 2.05) is 12.2 Å². The normalized spacial score (nSPS) is 16.4. The molecule has 0 aliphatic heterocycles. The van der Waals surface area contributed by atoms with E-state index < -0.39 is 23.4 Å². The van der Waals surface area contributed by atoms with Crippen molar-refractivity contribution in [1.82, 2.24) is 5.32 Å². The van der Waals surface area contributed by atoms with E-state index in [9.17, 15) is 22.4 Å². The molecule has 0 saturated heterocycles. The molecule has 0 bridgehead atoms. The van der Waals surface area contributed by atoms with Crippen molar-refractivity contribution < 1.29 is 22.4 Å². The number of alkyl halides is 3. The zero-order valence-corrected chi connectivity index (χ0v) is 11.5. The highest BCUT2D eigenvalue weighted by molar-refractivity contribution is 6.00. The van der Waals surface area contributed by atoms with Crippen molar-refractivity contribution in [3.63, 3.8) is 0 Å². The lowest BCUT2D eigenvalue weighted by Crippen LogP contribution is -2.48. The molecule has 7 heteroatoms. The summed E-state index contributed by atoms with van der Waals surface area (Å²) in [5.41, 5.74) is -2.33. The van der Waals surface area contributed by atoms with Crippen molar-refractivity contribution in [3.8, 4) is 0 Å². The van der Waals surface area contributed by atoms with Crippen molar-refractivity contribution >= 4 is 11.6 Å². The van der Waals surface area contributed by atoms with E-state index in [4.69, 9.17) is 0 Å². The fourth-order valence-corrected chi connectivity index (χ4v) is 2.03. The van der Waals surface area contributed by atoms with Crippen LogP contribution in [0.25, 0.3) is 0 Å². The third-order valence-electron chi connectivity index (χ3n) is 3.46. The summed E-state index contributed by atoms with van der Waals surface area (Å²) in [7, 11) is 0. The fraction of sp³-hybridized carbons (Fsp3) is 0.500. The van der Waals surface area contributed by atoms with Gasteiger partial charge in [-0.05, 0) is 31.4 Å². The van der Waals surface area contributed by atoms with Crippen LogP contribution in [0.4, 0.5) is 23.2 Å². The van der Waals surface area contributed by atoms with Gasteiger partial charge in [-0.3, -0.25) is 4.79 Å². The number of nitrogens with one attached hydrogen (secondary N) is 2. The Morgan fingerprint density at radius 2 is 2.00 bits per heavy atom. The third-order valence-corrected chi connectivity index (χ3v) is 3.46. The molecule has 0 atom stereocenters. The maximum Gasteiger partial charge on any atom is 0.411 e. The monoisotopic (exact) mass is 304 g/mol. The van der Waals surface area contributed by atoms with Gasteiger partial charge >= 0.3 is 6.18 Å². The van der Waals surface area contributed by atoms with Crippen LogP contribution in [0.15, 0.2) is 18.2 Å². The molecule has 1 amide bonds. The number of carbonyl (C=O) groups is 1. The first-order valence-corrected chi connectivity index (χ1v) is 6.72. The molecule has 0 radical (unpaired) electrons. The van der Waals surface area contributed by atoms with Crippen molar-refractivity contribution in [1.29, 1.82) is 0 Å². The summed E-state index contributed by atoms with van der Waals surface area (Å²) in [5, 5.41) is 4.74. The molecular weight excluding hydrogens is 288 g/mol. The van der Waals surface area contributed by atoms with Gasteiger partial charge in [0.1, 0.15) is 11.4 Å². The van der Waals surface area contributed by atoms with Gasteiger partial charge in [0.05, 0.1) is 11.3 Å². The lowest BCUT2D eigenvalue weighted by molar-refractivity contribution is -0.163. The summed E-state index contributed by atoms with van der Waals surface area (Å²) in [6.07, 6.45) is -4.08. The molecule has 1 saturated carbocycles. The summed E-state index contributed by atoms with van der Waals surface area (Å²) in [6, 6.07) is 3.77. The lowest BCUT2D eigenvalue weighted by Gasteiger charge is -2.21. The standard InChI is InChI=1S/C14H16F4N2O/c1-2-8-19-11-9(4-3-5-10(11)15)12(21)20-13(6-7-13)14(16,17)18/h3-5,19H,2,6-8H2,1H3,(H,20,21). The van der Waals surface area contributed by atoms with Crippen LogP contribution in [-0.2, 0) is 0 Å². The van der Waals surface area contributed by atoms with Crippen LogP contribution in [0.5, 0.6) is 0 Å². The minimum absolute atomic E-state index is 0.0603. The van der Waals surface area contributed by atoms with Crippen LogP contribution in [0.2, 0.25) is 0 Å². The summed E-state index contributed by atoms with van der Waals surface area (Å²) < 4.78 is 52.3. The minimum atomic E-state index is -4.49. The molecule has 0 spiro atoms. The highest BCUT2D eigenvalue weighted by Gasteiger charge is 2.64. The Balaban J connectivity index is 2.22. The van der Waals surface area contributed by atoms with E-state index in [0.29, 0.717) is 13.0 Å². The van der Waals surface area contributed by atoms with E-state index in [2.05, 4.69) is 5.32 Å². The molecule has 1 fully saturated rings. The highest BCUT2D eigenvalue weighted by Crippen LogP contribution is 2.49. The van der Waals surface area contributed by atoms with E-state index >= 15 is 0 Å². The van der Waals surface area contributed by atoms with Crippen molar-refractivity contribution in [2.75, 3.05) is 11.9 Å². The molecular formula is C14H16F4N2O. The Morgan fingerprint density at radius 1 is 1.33 bits per heavy atom. The summed E-state index contributed by atoms with van der Waals surface area (Å²) in [5.74, 6) is -1.57. The first-order chi connectivity index (χ1) is 9.81. The van der Waals surface area contributed by atoms with Crippen LogP contribution < -0.4 is 10.6 Å². The molecule has 2 N–H and O–H groups in total. The topological polar surface area (TPSA) is 41.1 Å². The van der Waals surface area contributed by atoms with E-state index in [1.54, 1.807) is 0 Å². The Bertz CT molecular complexity index is 538. The molecule has 1 aromatic carbocycles. The second kappa shape index (κ2) is 5.54. The summed E-state index contributed by atoms with van der Waals surface area (Å²) >= 11 is 0. The molecule has 0 unspecified atom stereocenters. The van der Waals surface area contributed by atoms with Gasteiger partial charge < -0.3 is 10.6 Å². The fourth-order valence-electron chi connectivity index (χ4n) is 2.03. The number of benzene rings is 1. The van der Waals surface area contributed by atoms with Gasteiger partial charge in [0.25, 0.3) is 5.91 Å². The van der Waals surface area contributed by atoms with Gasteiger partial charge in [-0.2, -0.15) is 13.2 Å². The number of anilines is 1. The van der Waals surface area contributed by atoms with Crippen molar-refractivity contribution in [3.05, 3.63) is 29.6 Å². The first kappa shape index (κ1) is 15.6. The Labute approximate surface area is 119 Å². The highest BCUT2D eigenvalue weighted by atomic mass is 19.4. The maximum atomic E-state index is 13.8. The zero-order valence-electron chi connectivity index (χ0n) is 11.5. The van der Waals surface area contributed by atoms with Crippen molar-refractivity contribution in [2.24, 2.45) is 0 Å². The quantitative estimate of drug-likeness (QED) is 0.818. The summed E-state index contributed by atoms with van der Waals surface area (Å²) in [6.45, 7) is 2.28. The number of amides is 1. The Morgan fingerprint density at radius 3 is 2.52 bits per heavy atom. The molecule has 0 aromatic heterocycles. The van der Waals surface area contributed by atoms with Gasteiger partial charge in [0, 0.05) is 6.54 Å². The number of hydrogen-bond donors (Lipinski definition) is 2. The zero-order chi connectivity index (χ0) is 15.7. The van der Waals surface area contributed by atoms with Gasteiger partial charge in [0.2, 0.25) is 0 Å². The lowest BCUT2D eigenvalue weighted by atomic mass is 10.1. The van der Waals surface area contributed by atoms with Gasteiger partial charge in [-0.15, -0.1) is 0 Å². The molecule has 1 aliphatic rings. The van der Waals surface area contributed by atoms with Crippen LogP contribution in [0.1, 0.15) is 36.5 Å². The second-order valence-electron chi connectivity index (χ2n) is 5.12. The molecule has 116 valence electrons. The maximum absolute atomic E-state index is 13.8. The second-order valence-corrected chi connectivity index (χ2v) is 5.12. The smallest absolute Gasteiger partial charge is 0.382 e. The number of rotatable bonds is 5. The number of para-hydroxylation sites is 1. The number of carbonyl (C=O) groups excluding carboxylic acids is 1. The molecule has 21 heavy (non-hydrogen) atoms. The Hall–Kier alpha value is -1.79. The Kier molecular flexibility index (Phi) is 4.11. The van der Waals surface area contributed by atoms with Crippen LogP contribution in [0, 0.1) is 5.82 Å². The van der Waals surface area contributed by atoms with Gasteiger partial charge in [-0.1, -0.05) is 13.0 Å². The van der Waals surface area contributed by atoms with Crippen LogP contribution >= 0.6 is 0 Å². The average Bonchev–Trinajstić information content (AvgIpc) is 3.17. The minimum Gasteiger partial charge on any atom is -0.382 e.